The molecule has 10 heteroatoms. The monoisotopic (exact) mass is 426 g/mol. The summed E-state index contributed by atoms with van der Waals surface area (Å²) in [6.07, 6.45) is 0.998. The second-order valence-corrected chi connectivity index (χ2v) is 8.25. The number of halogens is 3. The molecule has 156 valence electrons. The van der Waals surface area contributed by atoms with E-state index >= 15 is 0 Å². The second kappa shape index (κ2) is 8.48. The molecule has 3 rings (SSSR count). The highest BCUT2D eigenvalue weighted by Gasteiger charge is 2.29. The number of H-pyrrole nitrogens is 1. The maximum Gasteiger partial charge on any atom is 0.446 e. The summed E-state index contributed by atoms with van der Waals surface area (Å²) in [4.78, 5) is 33.4. The van der Waals surface area contributed by atoms with Crippen LogP contribution < -0.4 is 15.8 Å². The summed E-state index contributed by atoms with van der Waals surface area (Å²) >= 11 is -0.186. The van der Waals surface area contributed by atoms with Crippen LogP contribution >= 0.6 is 11.8 Å². The van der Waals surface area contributed by atoms with Crippen LogP contribution in [0.25, 0.3) is 0 Å². The molecule has 1 aromatic heterocycles. The van der Waals surface area contributed by atoms with Crippen LogP contribution in [0.4, 0.5) is 19.1 Å². The van der Waals surface area contributed by atoms with Crippen molar-refractivity contribution >= 4 is 23.6 Å². The van der Waals surface area contributed by atoms with Crippen molar-refractivity contribution in [1.82, 2.24) is 15.3 Å². The second-order valence-electron chi connectivity index (χ2n) is 7.11. The Hall–Kier alpha value is -2.49. The molecular weight excluding hydrogens is 405 g/mol. The molecule has 2 N–H and O–H groups in total. The van der Waals surface area contributed by atoms with Crippen LogP contribution in [-0.4, -0.2) is 34.5 Å². The summed E-state index contributed by atoms with van der Waals surface area (Å²) < 4.78 is 37.5. The molecule has 6 nitrogen and oxygen atoms in total. The van der Waals surface area contributed by atoms with Crippen LogP contribution in [0.15, 0.2) is 40.0 Å². The summed E-state index contributed by atoms with van der Waals surface area (Å²) in [5.74, 6) is -0.175. The highest BCUT2D eigenvalue weighted by molar-refractivity contribution is 8.00. The van der Waals surface area contributed by atoms with Crippen molar-refractivity contribution in [3.8, 4) is 0 Å². The average molecular weight is 426 g/mol. The lowest BCUT2D eigenvalue weighted by Gasteiger charge is -2.31. The first-order valence-electron chi connectivity index (χ1n) is 9.15. The zero-order chi connectivity index (χ0) is 21.2. The molecule has 2 aromatic rings. The van der Waals surface area contributed by atoms with Gasteiger partial charge < -0.3 is 10.2 Å². The number of carbonyl (C=O) groups excluding carboxylic acids is 1. The van der Waals surface area contributed by atoms with Gasteiger partial charge in [-0.2, -0.15) is 13.2 Å². The van der Waals surface area contributed by atoms with Crippen molar-refractivity contribution in [2.75, 3.05) is 18.0 Å². The van der Waals surface area contributed by atoms with Gasteiger partial charge in [-0.15, -0.1) is 0 Å². The lowest BCUT2D eigenvalue weighted by atomic mass is 9.96. The molecule has 1 aliphatic rings. The fraction of sp³-hybridized carbons (Fsp3) is 0.421. The van der Waals surface area contributed by atoms with Gasteiger partial charge in [-0.3, -0.25) is 14.6 Å². The van der Waals surface area contributed by atoms with Gasteiger partial charge in [-0.1, -0.05) is 26.0 Å². The van der Waals surface area contributed by atoms with Crippen molar-refractivity contribution < 1.29 is 18.0 Å². The average Bonchev–Trinajstić information content (AvgIpc) is 2.56. The maximum absolute atomic E-state index is 12.7. The number of nitrogens with one attached hydrogen (secondary N) is 2. The Balaban J connectivity index is 1.77. The van der Waals surface area contributed by atoms with Crippen LogP contribution in [0.1, 0.15) is 42.4 Å². The molecule has 0 saturated carbocycles. The van der Waals surface area contributed by atoms with Crippen LogP contribution in [0.5, 0.6) is 0 Å². The van der Waals surface area contributed by atoms with Gasteiger partial charge in [0.15, 0.2) is 0 Å². The Morgan fingerprint density at radius 1 is 1.24 bits per heavy atom. The highest BCUT2D eigenvalue weighted by atomic mass is 32.2. The van der Waals surface area contributed by atoms with Gasteiger partial charge in [0.05, 0.1) is 6.04 Å². The minimum atomic E-state index is -4.35. The Kier molecular flexibility index (Phi) is 6.21. The summed E-state index contributed by atoms with van der Waals surface area (Å²) in [6.45, 7) is 5.32. The van der Waals surface area contributed by atoms with Crippen molar-refractivity contribution in [3.05, 3.63) is 51.9 Å². The Labute approximate surface area is 169 Å². The third-order valence-electron chi connectivity index (χ3n) is 4.54. The minimum absolute atomic E-state index is 0.00514. The van der Waals surface area contributed by atoms with Crippen molar-refractivity contribution in [2.24, 2.45) is 5.92 Å². The number of carbonyl (C=O) groups is 1. The Morgan fingerprint density at radius 2 is 1.90 bits per heavy atom. The topological polar surface area (TPSA) is 78.1 Å². The van der Waals surface area contributed by atoms with Crippen LogP contribution in [-0.2, 0) is 0 Å². The van der Waals surface area contributed by atoms with Crippen molar-refractivity contribution in [3.63, 3.8) is 0 Å². The van der Waals surface area contributed by atoms with Gasteiger partial charge in [0.25, 0.3) is 11.5 Å². The highest BCUT2D eigenvalue weighted by Crippen LogP contribution is 2.37. The number of nitrogens with zero attached hydrogens (tertiary/aromatic N) is 2. The van der Waals surface area contributed by atoms with E-state index < -0.39 is 23.0 Å². The number of amides is 1. The van der Waals surface area contributed by atoms with Gasteiger partial charge >= 0.3 is 5.51 Å². The molecular formula is C19H21F3N4O2S. The van der Waals surface area contributed by atoms with Crippen molar-refractivity contribution in [2.45, 2.75) is 36.7 Å². The fourth-order valence-corrected chi connectivity index (χ4v) is 3.51. The van der Waals surface area contributed by atoms with E-state index in [9.17, 15) is 22.8 Å². The number of aromatic nitrogens is 2. The molecule has 1 aromatic carbocycles. The van der Waals surface area contributed by atoms with E-state index in [0.29, 0.717) is 11.5 Å². The van der Waals surface area contributed by atoms with Gasteiger partial charge in [0, 0.05) is 24.1 Å². The Bertz CT molecular complexity index is 924. The number of rotatable bonds is 6. The van der Waals surface area contributed by atoms with Crippen molar-refractivity contribution in [1.29, 1.82) is 0 Å². The van der Waals surface area contributed by atoms with E-state index in [-0.39, 0.29) is 28.3 Å². The van der Waals surface area contributed by atoms with Gasteiger partial charge in [-0.05, 0) is 41.8 Å². The molecule has 29 heavy (non-hydrogen) atoms. The molecule has 1 aliphatic heterocycles. The van der Waals surface area contributed by atoms with E-state index in [0.717, 1.165) is 25.6 Å². The molecule has 0 aliphatic carbocycles. The molecule has 0 radical (unpaired) electrons. The number of hydrogen-bond acceptors (Lipinski definition) is 5. The normalized spacial score (nSPS) is 15.2. The van der Waals surface area contributed by atoms with Gasteiger partial charge in [0.2, 0.25) is 5.95 Å². The fourth-order valence-electron chi connectivity index (χ4n) is 2.97. The number of anilines is 1. The van der Waals surface area contributed by atoms with Gasteiger partial charge in [-0.25, -0.2) is 4.98 Å². The summed E-state index contributed by atoms with van der Waals surface area (Å²) in [6, 6.07) is 6.58. The largest absolute Gasteiger partial charge is 0.446 e. The number of benzene rings is 1. The number of aromatic amines is 1. The first-order valence-corrected chi connectivity index (χ1v) is 9.97. The molecule has 0 bridgehead atoms. The van der Waals surface area contributed by atoms with E-state index in [2.05, 4.69) is 15.3 Å². The zero-order valence-corrected chi connectivity index (χ0v) is 16.7. The molecule has 0 spiro atoms. The summed E-state index contributed by atoms with van der Waals surface area (Å²) in [5, 5.41) is 2.84. The van der Waals surface area contributed by atoms with Crippen LogP contribution in [0, 0.1) is 5.92 Å². The van der Waals surface area contributed by atoms with E-state index in [1.165, 1.54) is 12.1 Å². The summed E-state index contributed by atoms with van der Waals surface area (Å²) in [5.41, 5.74) is -4.09. The van der Waals surface area contributed by atoms with Crippen LogP contribution in [0.2, 0.25) is 0 Å². The zero-order valence-electron chi connectivity index (χ0n) is 15.9. The quantitative estimate of drug-likeness (QED) is 0.689. The van der Waals surface area contributed by atoms with E-state index in [1.807, 2.05) is 18.7 Å². The number of thioether (sulfide) groups is 1. The minimum Gasteiger partial charge on any atom is -0.344 e. The van der Waals surface area contributed by atoms with Crippen LogP contribution in [0.3, 0.4) is 0 Å². The third kappa shape index (κ3) is 5.53. The lowest BCUT2D eigenvalue weighted by Crippen LogP contribution is -2.40. The molecule has 1 saturated heterocycles. The molecule has 1 fully saturated rings. The van der Waals surface area contributed by atoms with Gasteiger partial charge in [0.1, 0.15) is 5.69 Å². The van der Waals surface area contributed by atoms with E-state index in [4.69, 9.17) is 0 Å². The lowest BCUT2D eigenvalue weighted by molar-refractivity contribution is -0.0328. The number of alkyl halides is 3. The predicted molar refractivity (Wildman–Crippen MR) is 105 cm³/mol. The van der Waals surface area contributed by atoms with E-state index in [1.54, 1.807) is 12.1 Å². The first-order chi connectivity index (χ1) is 13.6. The first kappa shape index (κ1) is 21.2. The Morgan fingerprint density at radius 3 is 2.41 bits per heavy atom. The standard InChI is InChI=1S/C19H21F3N4O2S/c1-11(2)16(12-4-6-13(7-5-12)29-19(20,21)22)25-17(28)14-10-15(27)24-18(23-14)26-8-3-9-26/h4-7,10-11,16H,3,8-9H2,1-2H3,(H,25,28)(H,23,24,27). The number of hydrogen-bond donors (Lipinski definition) is 2. The maximum atomic E-state index is 12.7. The smallest absolute Gasteiger partial charge is 0.344 e. The summed E-state index contributed by atoms with van der Waals surface area (Å²) in [7, 11) is 0. The molecule has 1 unspecified atom stereocenters. The third-order valence-corrected chi connectivity index (χ3v) is 5.28. The molecule has 1 amide bonds. The molecule has 1 atom stereocenters. The molecule has 2 heterocycles. The predicted octanol–water partition coefficient (Wildman–Crippen LogP) is 3.72. The SMILES string of the molecule is CC(C)C(NC(=O)c1cc(=O)[nH]c(N2CCC2)n1)c1ccc(SC(F)(F)F)cc1.